The van der Waals surface area contributed by atoms with Gasteiger partial charge in [-0.15, -0.1) is 0 Å². The molecule has 0 aliphatic heterocycles. The van der Waals surface area contributed by atoms with Gasteiger partial charge in [0.25, 0.3) is 0 Å². The van der Waals surface area contributed by atoms with E-state index in [0.717, 1.165) is 39.7 Å². The summed E-state index contributed by atoms with van der Waals surface area (Å²) in [5.74, 6) is 0.834. The molecule has 0 saturated carbocycles. The molecule has 0 fully saturated rings. The first kappa shape index (κ1) is 17.8. The van der Waals surface area contributed by atoms with Crippen molar-refractivity contribution < 1.29 is 4.74 Å². The summed E-state index contributed by atoms with van der Waals surface area (Å²) in [6, 6.07) is 26.7. The Morgan fingerprint density at radius 1 is 0.897 bits per heavy atom. The van der Waals surface area contributed by atoms with Crippen LogP contribution < -0.4 is 4.74 Å². The monoisotopic (exact) mass is 398 g/mol. The lowest BCUT2D eigenvalue weighted by Crippen LogP contribution is -2.01. The number of hydrogen-bond acceptors (Lipinski definition) is 2. The molecule has 0 aliphatic carbocycles. The highest BCUT2D eigenvalue weighted by Crippen LogP contribution is 2.35. The number of methoxy groups -OCH3 is 1. The van der Waals surface area contributed by atoms with E-state index in [2.05, 4.69) is 53.1 Å². The highest BCUT2D eigenvalue weighted by atomic mass is 35.5. The lowest BCUT2D eigenvalue weighted by molar-refractivity contribution is 0.415. The summed E-state index contributed by atoms with van der Waals surface area (Å²) >= 11 is 6.24. The van der Waals surface area contributed by atoms with Crippen LogP contribution in [-0.2, 0) is 6.54 Å². The van der Waals surface area contributed by atoms with E-state index in [1.54, 1.807) is 7.11 Å². The SMILES string of the molecule is COc1ccc(-c2nccc3c4ccccc4n(Cc4cccc(Cl)c4)c23)cc1. The van der Waals surface area contributed by atoms with Crippen LogP contribution in [0.2, 0.25) is 5.02 Å². The third kappa shape index (κ3) is 3.14. The Kier molecular flexibility index (Phi) is 4.45. The molecule has 3 nitrogen and oxygen atoms in total. The number of ether oxygens (including phenoxy) is 1. The molecule has 29 heavy (non-hydrogen) atoms. The van der Waals surface area contributed by atoms with Crippen molar-refractivity contribution >= 4 is 33.4 Å². The summed E-state index contributed by atoms with van der Waals surface area (Å²) in [7, 11) is 1.68. The van der Waals surface area contributed by atoms with Gasteiger partial charge in [0, 0.05) is 39.6 Å². The Morgan fingerprint density at radius 2 is 1.72 bits per heavy atom. The van der Waals surface area contributed by atoms with Crippen molar-refractivity contribution in [2.45, 2.75) is 6.54 Å². The fraction of sp³-hybridized carbons (Fsp3) is 0.0800. The van der Waals surface area contributed by atoms with Gasteiger partial charge < -0.3 is 9.30 Å². The van der Waals surface area contributed by atoms with Crippen molar-refractivity contribution in [3.8, 4) is 17.0 Å². The minimum atomic E-state index is 0.722. The van der Waals surface area contributed by atoms with Gasteiger partial charge in [0.15, 0.2) is 0 Å². The summed E-state index contributed by atoms with van der Waals surface area (Å²) in [4.78, 5) is 4.76. The molecule has 0 radical (unpaired) electrons. The van der Waals surface area contributed by atoms with Gasteiger partial charge in [-0.1, -0.05) is 41.9 Å². The topological polar surface area (TPSA) is 27.1 Å². The summed E-state index contributed by atoms with van der Waals surface area (Å²) in [6.45, 7) is 0.722. The highest BCUT2D eigenvalue weighted by Gasteiger charge is 2.16. The number of hydrogen-bond donors (Lipinski definition) is 0. The number of fused-ring (bicyclic) bond motifs is 3. The van der Waals surface area contributed by atoms with Crippen molar-refractivity contribution in [3.05, 3.63) is 95.6 Å². The van der Waals surface area contributed by atoms with E-state index >= 15 is 0 Å². The molecule has 5 rings (SSSR count). The Balaban J connectivity index is 1.79. The molecular formula is C25H19ClN2O. The first-order valence-electron chi connectivity index (χ1n) is 9.49. The van der Waals surface area contributed by atoms with Crippen LogP contribution in [0.5, 0.6) is 5.75 Å². The van der Waals surface area contributed by atoms with E-state index in [-0.39, 0.29) is 0 Å². The molecule has 5 aromatic rings. The van der Waals surface area contributed by atoms with Crippen LogP contribution in [-0.4, -0.2) is 16.7 Å². The Hall–Kier alpha value is -3.30. The number of rotatable bonds is 4. The molecule has 2 aromatic heterocycles. The van der Waals surface area contributed by atoms with E-state index in [1.807, 2.05) is 36.5 Å². The first-order valence-corrected chi connectivity index (χ1v) is 9.87. The molecule has 3 aromatic carbocycles. The number of benzene rings is 3. The van der Waals surface area contributed by atoms with Crippen molar-refractivity contribution in [2.24, 2.45) is 0 Å². The molecule has 2 heterocycles. The van der Waals surface area contributed by atoms with Crippen LogP contribution in [0.3, 0.4) is 0 Å². The van der Waals surface area contributed by atoms with Crippen LogP contribution in [0.1, 0.15) is 5.56 Å². The number of aromatic nitrogens is 2. The van der Waals surface area contributed by atoms with Crippen LogP contribution in [0.15, 0.2) is 85.1 Å². The number of para-hydroxylation sites is 1. The van der Waals surface area contributed by atoms with Gasteiger partial charge in [0.05, 0.1) is 18.3 Å². The number of nitrogens with zero attached hydrogens (tertiary/aromatic N) is 2. The predicted octanol–water partition coefficient (Wildman–Crippen LogP) is 6.57. The maximum Gasteiger partial charge on any atom is 0.118 e. The van der Waals surface area contributed by atoms with Crippen LogP contribution >= 0.6 is 11.6 Å². The number of halogens is 1. The van der Waals surface area contributed by atoms with Gasteiger partial charge in [-0.3, -0.25) is 4.98 Å². The molecule has 0 spiro atoms. The summed E-state index contributed by atoms with van der Waals surface area (Å²) in [5.41, 5.74) is 5.49. The molecule has 0 saturated heterocycles. The van der Waals surface area contributed by atoms with Crippen molar-refractivity contribution in [3.63, 3.8) is 0 Å². The lowest BCUT2D eigenvalue weighted by atomic mass is 10.1. The van der Waals surface area contributed by atoms with Gasteiger partial charge in [-0.05, 0) is 54.1 Å². The van der Waals surface area contributed by atoms with Gasteiger partial charge in [0.2, 0.25) is 0 Å². The van der Waals surface area contributed by atoms with Gasteiger partial charge in [-0.2, -0.15) is 0 Å². The van der Waals surface area contributed by atoms with Gasteiger partial charge in [0.1, 0.15) is 5.75 Å². The van der Waals surface area contributed by atoms with Crippen molar-refractivity contribution in [2.75, 3.05) is 7.11 Å². The van der Waals surface area contributed by atoms with Crippen LogP contribution in [0.4, 0.5) is 0 Å². The highest BCUT2D eigenvalue weighted by molar-refractivity contribution is 6.30. The van der Waals surface area contributed by atoms with E-state index in [0.29, 0.717) is 0 Å². The summed E-state index contributed by atoms with van der Waals surface area (Å²) in [6.07, 6.45) is 1.89. The van der Waals surface area contributed by atoms with E-state index in [1.165, 1.54) is 16.3 Å². The zero-order valence-corrected chi connectivity index (χ0v) is 16.7. The fourth-order valence-corrected chi connectivity index (χ4v) is 4.16. The molecule has 0 N–H and O–H groups in total. The molecule has 0 amide bonds. The molecule has 0 bridgehead atoms. The lowest BCUT2D eigenvalue weighted by Gasteiger charge is -2.11. The molecule has 0 atom stereocenters. The van der Waals surface area contributed by atoms with E-state index < -0.39 is 0 Å². The second kappa shape index (κ2) is 7.26. The third-order valence-corrected chi connectivity index (χ3v) is 5.51. The maximum absolute atomic E-state index is 6.24. The molecule has 4 heteroatoms. The second-order valence-corrected chi connectivity index (χ2v) is 7.45. The zero-order chi connectivity index (χ0) is 19.8. The Bertz CT molecular complexity index is 1320. The molecular weight excluding hydrogens is 380 g/mol. The van der Waals surface area contributed by atoms with Crippen molar-refractivity contribution in [1.82, 2.24) is 9.55 Å². The smallest absolute Gasteiger partial charge is 0.118 e. The summed E-state index contributed by atoms with van der Waals surface area (Å²) in [5, 5.41) is 3.17. The molecule has 0 unspecified atom stereocenters. The van der Waals surface area contributed by atoms with E-state index in [9.17, 15) is 0 Å². The normalized spacial score (nSPS) is 11.2. The Morgan fingerprint density at radius 3 is 2.52 bits per heavy atom. The molecule has 142 valence electrons. The fourth-order valence-electron chi connectivity index (χ4n) is 3.94. The first-order chi connectivity index (χ1) is 14.2. The second-order valence-electron chi connectivity index (χ2n) is 7.02. The standard InChI is InChI=1S/C25H19ClN2O/c1-29-20-11-9-18(10-12-20)24-25-22(13-14-27-24)21-7-2-3-8-23(21)28(25)16-17-5-4-6-19(26)15-17/h2-15H,16H2,1H3. The summed E-state index contributed by atoms with van der Waals surface area (Å²) < 4.78 is 7.65. The average Bonchev–Trinajstić information content (AvgIpc) is 3.08. The quantitative estimate of drug-likeness (QED) is 0.342. The third-order valence-electron chi connectivity index (χ3n) is 5.27. The largest absolute Gasteiger partial charge is 0.497 e. The van der Waals surface area contributed by atoms with Gasteiger partial charge in [-0.25, -0.2) is 0 Å². The van der Waals surface area contributed by atoms with Crippen LogP contribution in [0.25, 0.3) is 33.1 Å². The predicted molar refractivity (Wildman–Crippen MR) is 120 cm³/mol. The Labute approximate surface area is 174 Å². The minimum Gasteiger partial charge on any atom is -0.497 e. The number of pyridine rings is 1. The van der Waals surface area contributed by atoms with Crippen molar-refractivity contribution in [1.29, 1.82) is 0 Å². The average molecular weight is 399 g/mol. The van der Waals surface area contributed by atoms with E-state index in [4.69, 9.17) is 21.3 Å². The maximum atomic E-state index is 6.24. The zero-order valence-electron chi connectivity index (χ0n) is 16.0. The molecule has 0 aliphatic rings. The van der Waals surface area contributed by atoms with Crippen LogP contribution in [0, 0.1) is 0 Å². The van der Waals surface area contributed by atoms with Gasteiger partial charge >= 0.3 is 0 Å². The minimum absolute atomic E-state index is 0.722.